The van der Waals surface area contributed by atoms with Gasteiger partial charge in [-0.05, 0) is 0 Å². The van der Waals surface area contributed by atoms with Crippen molar-refractivity contribution in [2.75, 3.05) is 26.2 Å². The second-order valence-corrected chi connectivity index (χ2v) is 3.66. The number of hydrogen-bond acceptors (Lipinski definition) is 3. The van der Waals surface area contributed by atoms with Crippen LogP contribution < -0.4 is 4.74 Å². The van der Waals surface area contributed by atoms with Crippen LogP contribution in [0.1, 0.15) is 6.42 Å². The SMILES string of the molecule is FC1(F)CCN(CCOc2cn[nH]c2)C1. The minimum Gasteiger partial charge on any atom is -0.489 e. The van der Waals surface area contributed by atoms with Gasteiger partial charge in [0.25, 0.3) is 5.92 Å². The average molecular weight is 217 g/mol. The number of halogens is 2. The van der Waals surface area contributed by atoms with Crippen LogP contribution in [0, 0.1) is 0 Å². The molecule has 1 saturated heterocycles. The fourth-order valence-electron chi connectivity index (χ4n) is 1.61. The van der Waals surface area contributed by atoms with Gasteiger partial charge < -0.3 is 4.74 Å². The molecule has 1 aliphatic heterocycles. The fourth-order valence-corrected chi connectivity index (χ4v) is 1.61. The van der Waals surface area contributed by atoms with Gasteiger partial charge in [-0.25, -0.2) is 8.78 Å². The second-order valence-electron chi connectivity index (χ2n) is 3.66. The topological polar surface area (TPSA) is 41.1 Å². The van der Waals surface area contributed by atoms with Gasteiger partial charge in [0.15, 0.2) is 5.75 Å². The van der Waals surface area contributed by atoms with E-state index in [2.05, 4.69) is 10.2 Å². The first-order valence-corrected chi connectivity index (χ1v) is 4.87. The molecule has 4 nitrogen and oxygen atoms in total. The Morgan fingerprint density at radius 2 is 2.47 bits per heavy atom. The number of aromatic amines is 1. The molecule has 1 aromatic rings. The van der Waals surface area contributed by atoms with E-state index in [9.17, 15) is 8.78 Å². The first-order chi connectivity index (χ1) is 7.16. The average Bonchev–Trinajstić information content (AvgIpc) is 2.76. The molecule has 0 amide bonds. The van der Waals surface area contributed by atoms with E-state index in [-0.39, 0.29) is 13.0 Å². The number of rotatable bonds is 4. The van der Waals surface area contributed by atoms with E-state index in [0.717, 1.165) is 0 Å². The lowest BCUT2D eigenvalue weighted by Crippen LogP contribution is -2.29. The first-order valence-electron chi connectivity index (χ1n) is 4.87. The van der Waals surface area contributed by atoms with Gasteiger partial charge in [-0.3, -0.25) is 10.00 Å². The lowest BCUT2D eigenvalue weighted by atomic mass is 10.3. The molecule has 0 unspecified atom stereocenters. The van der Waals surface area contributed by atoms with E-state index in [0.29, 0.717) is 25.4 Å². The zero-order valence-electron chi connectivity index (χ0n) is 8.25. The van der Waals surface area contributed by atoms with Crippen LogP contribution in [-0.4, -0.2) is 47.3 Å². The van der Waals surface area contributed by atoms with Crippen LogP contribution in [0.3, 0.4) is 0 Å². The number of alkyl halides is 2. The molecule has 2 heterocycles. The number of nitrogens with zero attached hydrogens (tertiary/aromatic N) is 2. The summed E-state index contributed by atoms with van der Waals surface area (Å²) < 4.78 is 30.9. The van der Waals surface area contributed by atoms with Crippen molar-refractivity contribution in [3.8, 4) is 5.75 Å². The maximum absolute atomic E-state index is 12.8. The van der Waals surface area contributed by atoms with E-state index in [1.165, 1.54) is 0 Å². The molecule has 0 aliphatic carbocycles. The Morgan fingerprint density at radius 1 is 1.60 bits per heavy atom. The van der Waals surface area contributed by atoms with Gasteiger partial charge in [0, 0.05) is 19.5 Å². The fraction of sp³-hybridized carbons (Fsp3) is 0.667. The van der Waals surface area contributed by atoms with Crippen LogP contribution in [0.15, 0.2) is 12.4 Å². The van der Waals surface area contributed by atoms with E-state index < -0.39 is 5.92 Å². The molecule has 1 aliphatic rings. The molecule has 0 saturated carbocycles. The normalized spacial score (nSPS) is 20.7. The van der Waals surface area contributed by atoms with Gasteiger partial charge in [0.05, 0.1) is 18.9 Å². The van der Waals surface area contributed by atoms with Crippen LogP contribution >= 0.6 is 0 Å². The number of likely N-dealkylation sites (tertiary alicyclic amines) is 1. The summed E-state index contributed by atoms with van der Waals surface area (Å²) in [7, 11) is 0. The molecule has 0 radical (unpaired) electrons. The molecular weight excluding hydrogens is 204 g/mol. The molecule has 0 atom stereocenters. The predicted octanol–water partition coefficient (Wildman–Crippen LogP) is 1.13. The quantitative estimate of drug-likeness (QED) is 0.822. The number of H-pyrrole nitrogens is 1. The smallest absolute Gasteiger partial charge is 0.261 e. The summed E-state index contributed by atoms with van der Waals surface area (Å²) in [6, 6.07) is 0. The van der Waals surface area contributed by atoms with Gasteiger partial charge in [0.2, 0.25) is 0 Å². The Morgan fingerprint density at radius 3 is 3.07 bits per heavy atom. The molecule has 15 heavy (non-hydrogen) atoms. The summed E-state index contributed by atoms with van der Waals surface area (Å²) in [4.78, 5) is 1.71. The molecule has 0 bridgehead atoms. The van der Waals surface area contributed by atoms with Crippen molar-refractivity contribution in [2.24, 2.45) is 0 Å². The highest BCUT2D eigenvalue weighted by Crippen LogP contribution is 2.26. The molecular formula is C9H13F2N3O. The molecule has 84 valence electrons. The maximum Gasteiger partial charge on any atom is 0.261 e. The zero-order valence-corrected chi connectivity index (χ0v) is 8.25. The summed E-state index contributed by atoms with van der Waals surface area (Å²) in [6.07, 6.45) is 3.13. The number of nitrogens with one attached hydrogen (secondary N) is 1. The van der Waals surface area contributed by atoms with Crippen molar-refractivity contribution >= 4 is 0 Å². The summed E-state index contributed by atoms with van der Waals surface area (Å²) in [5, 5.41) is 6.32. The summed E-state index contributed by atoms with van der Waals surface area (Å²) >= 11 is 0. The van der Waals surface area contributed by atoms with Gasteiger partial charge in [-0.1, -0.05) is 0 Å². The molecule has 2 rings (SSSR count). The Labute approximate surface area is 86.2 Å². The van der Waals surface area contributed by atoms with Crippen molar-refractivity contribution in [3.05, 3.63) is 12.4 Å². The molecule has 0 spiro atoms. The van der Waals surface area contributed by atoms with Crippen molar-refractivity contribution < 1.29 is 13.5 Å². The summed E-state index contributed by atoms with van der Waals surface area (Å²) in [5.41, 5.74) is 0. The van der Waals surface area contributed by atoms with Crippen LogP contribution in [0.25, 0.3) is 0 Å². The highest BCUT2D eigenvalue weighted by Gasteiger charge is 2.37. The van der Waals surface area contributed by atoms with E-state index in [4.69, 9.17) is 4.74 Å². The third-order valence-corrected chi connectivity index (χ3v) is 2.40. The molecule has 1 fully saturated rings. The standard InChI is InChI=1S/C9H13F2N3O/c10-9(11)1-2-14(7-9)3-4-15-8-5-12-13-6-8/h5-6H,1-4,7H2,(H,12,13). The molecule has 6 heteroatoms. The summed E-state index contributed by atoms with van der Waals surface area (Å²) in [6.45, 7) is 1.24. The Hall–Kier alpha value is -1.17. The first kappa shape index (κ1) is 10.4. The van der Waals surface area contributed by atoms with Crippen molar-refractivity contribution in [2.45, 2.75) is 12.3 Å². The van der Waals surface area contributed by atoms with E-state index >= 15 is 0 Å². The molecule has 1 aromatic heterocycles. The van der Waals surface area contributed by atoms with Crippen LogP contribution in [0.2, 0.25) is 0 Å². The lowest BCUT2D eigenvalue weighted by molar-refractivity contribution is 0.0113. The number of aromatic nitrogens is 2. The van der Waals surface area contributed by atoms with Crippen LogP contribution in [0.4, 0.5) is 8.78 Å². The number of hydrogen-bond donors (Lipinski definition) is 1. The predicted molar refractivity (Wildman–Crippen MR) is 50.1 cm³/mol. The highest BCUT2D eigenvalue weighted by molar-refractivity contribution is 5.09. The van der Waals surface area contributed by atoms with Crippen molar-refractivity contribution in [3.63, 3.8) is 0 Å². The maximum atomic E-state index is 12.8. The van der Waals surface area contributed by atoms with Crippen molar-refractivity contribution in [1.29, 1.82) is 0 Å². The Balaban J connectivity index is 1.67. The molecule has 1 N–H and O–H groups in total. The summed E-state index contributed by atoms with van der Waals surface area (Å²) in [5.74, 6) is -1.88. The van der Waals surface area contributed by atoms with Gasteiger partial charge >= 0.3 is 0 Å². The Bertz CT molecular complexity index is 302. The lowest BCUT2D eigenvalue weighted by Gasteiger charge is -2.15. The van der Waals surface area contributed by atoms with Crippen molar-refractivity contribution in [1.82, 2.24) is 15.1 Å². The second kappa shape index (κ2) is 4.14. The minimum atomic E-state index is -2.52. The van der Waals surface area contributed by atoms with Crippen LogP contribution in [-0.2, 0) is 0 Å². The van der Waals surface area contributed by atoms with Gasteiger partial charge in [-0.15, -0.1) is 0 Å². The third kappa shape index (κ3) is 2.89. The van der Waals surface area contributed by atoms with Crippen LogP contribution in [0.5, 0.6) is 5.75 Å². The minimum absolute atomic E-state index is 0.0429. The Kier molecular flexibility index (Phi) is 2.86. The third-order valence-electron chi connectivity index (χ3n) is 2.40. The van der Waals surface area contributed by atoms with E-state index in [1.807, 2.05) is 0 Å². The monoisotopic (exact) mass is 217 g/mol. The van der Waals surface area contributed by atoms with E-state index in [1.54, 1.807) is 17.3 Å². The molecule has 0 aromatic carbocycles. The van der Waals surface area contributed by atoms with Gasteiger partial charge in [0.1, 0.15) is 6.61 Å². The highest BCUT2D eigenvalue weighted by atomic mass is 19.3. The number of ether oxygens (including phenoxy) is 1. The zero-order chi connectivity index (χ0) is 10.7. The largest absolute Gasteiger partial charge is 0.489 e. The van der Waals surface area contributed by atoms with Gasteiger partial charge in [-0.2, -0.15) is 5.10 Å².